The van der Waals surface area contributed by atoms with Gasteiger partial charge >= 0.3 is 0 Å². The van der Waals surface area contributed by atoms with Crippen molar-refractivity contribution in [2.75, 3.05) is 16.8 Å². The Morgan fingerprint density at radius 1 is 0.967 bits per heavy atom. The second-order valence-corrected chi connectivity index (χ2v) is 8.60. The standard InChI is InChI=1S/C22H24FN7/c23-16-9-7-14(8-10-16)18-2-1-11-30(18)22-26-20(15-5-6-15)25-21(27-22)24-19-12-17(28-29-19)13-3-4-13/h7-10,12-13,15,18H,1-6,11H2,(H2,24,25,26,27,28,29). The van der Waals surface area contributed by atoms with Crippen molar-refractivity contribution in [3.8, 4) is 0 Å². The van der Waals surface area contributed by atoms with Crippen LogP contribution in [0.25, 0.3) is 0 Å². The van der Waals surface area contributed by atoms with E-state index < -0.39 is 0 Å². The number of anilines is 3. The number of H-pyrrole nitrogens is 1. The highest BCUT2D eigenvalue weighted by Gasteiger charge is 2.32. The highest BCUT2D eigenvalue weighted by atomic mass is 19.1. The van der Waals surface area contributed by atoms with E-state index in [2.05, 4.69) is 31.5 Å². The van der Waals surface area contributed by atoms with Crippen LogP contribution in [0, 0.1) is 5.82 Å². The minimum absolute atomic E-state index is 0.153. The molecule has 0 radical (unpaired) electrons. The summed E-state index contributed by atoms with van der Waals surface area (Å²) in [5.41, 5.74) is 2.27. The first-order valence-corrected chi connectivity index (χ1v) is 10.8. The molecule has 3 aliphatic rings. The van der Waals surface area contributed by atoms with E-state index in [1.807, 2.05) is 12.1 Å². The Bertz CT molecular complexity index is 1060. The van der Waals surface area contributed by atoms with Crippen molar-refractivity contribution in [1.29, 1.82) is 0 Å². The summed E-state index contributed by atoms with van der Waals surface area (Å²) in [7, 11) is 0. The van der Waals surface area contributed by atoms with Gasteiger partial charge in [0.05, 0.1) is 6.04 Å². The summed E-state index contributed by atoms with van der Waals surface area (Å²) in [6, 6.07) is 8.98. The zero-order valence-electron chi connectivity index (χ0n) is 16.7. The second-order valence-electron chi connectivity index (χ2n) is 8.60. The molecule has 1 aliphatic heterocycles. The maximum Gasteiger partial charge on any atom is 0.233 e. The molecule has 154 valence electrons. The number of nitrogens with one attached hydrogen (secondary N) is 2. The van der Waals surface area contributed by atoms with Crippen LogP contribution in [0.1, 0.15) is 73.5 Å². The average Bonchev–Trinajstić information content (AvgIpc) is 3.69. The van der Waals surface area contributed by atoms with Crippen molar-refractivity contribution in [1.82, 2.24) is 25.1 Å². The topological polar surface area (TPSA) is 82.6 Å². The molecule has 0 amide bonds. The predicted octanol–water partition coefficient (Wildman–Crippen LogP) is 4.57. The molecule has 2 N–H and O–H groups in total. The van der Waals surface area contributed by atoms with Gasteiger partial charge in [-0.05, 0) is 56.2 Å². The Morgan fingerprint density at radius 3 is 2.53 bits per heavy atom. The first-order valence-electron chi connectivity index (χ1n) is 10.8. The Hall–Kier alpha value is -3.03. The van der Waals surface area contributed by atoms with Crippen molar-refractivity contribution in [2.45, 2.75) is 56.4 Å². The molecular weight excluding hydrogens is 381 g/mol. The monoisotopic (exact) mass is 405 g/mol. The maximum absolute atomic E-state index is 13.4. The van der Waals surface area contributed by atoms with Crippen LogP contribution in [0.3, 0.4) is 0 Å². The van der Waals surface area contributed by atoms with Crippen LogP contribution in [0.2, 0.25) is 0 Å². The van der Waals surface area contributed by atoms with Gasteiger partial charge in [0.25, 0.3) is 0 Å². The van der Waals surface area contributed by atoms with E-state index >= 15 is 0 Å². The minimum atomic E-state index is -0.212. The fourth-order valence-corrected chi connectivity index (χ4v) is 4.25. The highest BCUT2D eigenvalue weighted by Crippen LogP contribution is 2.41. The minimum Gasteiger partial charge on any atom is -0.334 e. The molecule has 2 aromatic heterocycles. The predicted molar refractivity (Wildman–Crippen MR) is 111 cm³/mol. The summed E-state index contributed by atoms with van der Waals surface area (Å²) in [5.74, 6) is 3.65. The van der Waals surface area contributed by atoms with Gasteiger partial charge in [0.1, 0.15) is 11.6 Å². The van der Waals surface area contributed by atoms with Gasteiger partial charge in [0, 0.05) is 30.1 Å². The van der Waals surface area contributed by atoms with Crippen molar-refractivity contribution in [3.63, 3.8) is 0 Å². The van der Waals surface area contributed by atoms with Gasteiger partial charge in [-0.3, -0.25) is 5.10 Å². The first-order chi connectivity index (χ1) is 14.7. The number of hydrogen-bond acceptors (Lipinski definition) is 6. The van der Waals surface area contributed by atoms with Gasteiger partial charge in [-0.25, -0.2) is 4.39 Å². The zero-order valence-corrected chi connectivity index (χ0v) is 16.7. The van der Waals surface area contributed by atoms with Crippen LogP contribution in [0.15, 0.2) is 30.3 Å². The van der Waals surface area contributed by atoms with E-state index in [0.29, 0.717) is 23.7 Å². The molecule has 3 fully saturated rings. The Balaban J connectivity index is 1.31. The lowest BCUT2D eigenvalue weighted by Crippen LogP contribution is -2.25. The average molecular weight is 405 g/mol. The molecule has 8 heteroatoms. The number of rotatable bonds is 6. The van der Waals surface area contributed by atoms with Crippen LogP contribution in [0.5, 0.6) is 0 Å². The van der Waals surface area contributed by atoms with E-state index in [9.17, 15) is 4.39 Å². The number of hydrogen-bond donors (Lipinski definition) is 2. The van der Waals surface area contributed by atoms with Gasteiger partial charge < -0.3 is 10.2 Å². The molecule has 6 rings (SSSR count). The number of benzene rings is 1. The molecule has 1 aromatic carbocycles. The van der Waals surface area contributed by atoms with Crippen LogP contribution >= 0.6 is 0 Å². The molecule has 1 unspecified atom stereocenters. The Morgan fingerprint density at radius 2 is 1.77 bits per heavy atom. The summed E-state index contributed by atoms with van der Waals surface area (Å²) in [5, 5.41) is 10.8. The Kier molecular flexibility index (Phi) is 4.17. The fraction of sp³-hybridized carbons (Fsp3) is 0.455. The smallest absolute Gasteiger partial charge is 0.233 e. The third-order valence-corrected chi connectivity index (χ3v) is 6.20. The molecular formula is C22H24FN7. The molecule has 30 heavy (non-hydrogen) atoms. The van der Waals surface area contributed by atoms with E-state index in [1.54, 1.807) is 0 Å². The van der Waals surface area contributed by atoms with Crippen LogP contribution in [-0.4, -0.2) is 31.7 Å². The summed E-state index contributed by atoms with van der Waals surface area (Å²) >= 11 is 0. The summed E-state index contributed by atoms with van der Waals surface area (Å²) in [6.07, 6.45) is 6.76. The Labute approximate surface area is 174 Å². The van der Waals surface area contributed by atoms with Crippen molar-refractivity contribution >= 4 is 17.7 Å². The SMILES string of the molecule is Fc1ccc(C2CCCN2c2nc(Nc3cc(C4CC4)[nH]n3)nc(C3CC3)n2)cc1. The van der Waals surface area contributed by atoms with E-state index in [0.717, 1.165) is 49.4 Å². The second kappa shape index (κ2) is 7.04. The molecule has 2 saturated carbocycles. The molecule has 3 aromatic rings. The van der Waals surface area contributed by atoms with E-state index in [-0.39, 0.29) is 11.9 Å². The third kappa shape index (κ3) is 3.51. The number of aromatic nitrogens is 5. The first kappa shape index (κ1) is 17.8. The molecule has 3 heterocycles. The number of halogens is 1. The van der Waals surface area contributed by atoms with Gasteiger partial charge in [-0.2, -0.15) is 20.1 Å². The van der Waals surface area contributed by atoms with E-state index in [1.165, 1.54) is 30.7 Å². The van der Waals surface area contributed by atoms with Crippen molar-refractivity contribution < 1.29 is 4.39 Å². The maximum atomic E-state index is 13.4. The molecule has 1 atom stereocenters. The van der Waals surface area contributed by atoms with Gasteiger partial charge in [-0.15, -0.1) is 0 Å². The number of aromatic amines is 1. The quantitative estimate of drug-likeness (QED) is 0.625. The van der Waals surface area contributed by atoms with Gasteiger partial charge in [0.15, 0.2) is 5.82 Å². The summed E-state index contributed by atoms with van der Waals surface area (Å²) < 4.78 is 13.4. The molecule has 0 spiro atoms. The number of nitrogens with zero attached hydrogens (tertiary/aromatic N) is 5. The van der Waals surface area contributed by atoms with E-state index in [4.69, 9.17) is 9.97 Å². The fourth-order valence-electron chi connectivity index (χ4n) is 4.25. The van der Waals surface area contributed by atoms with Gasteiger partial charge in [-0.1, -0.05) is 12.1 Å². The zero-order chi connectivity index (χ0) is 20.1. The van der Waals surface area contributed by atoms with Crippen molar-refractivity contribution in [2.24, 2.45) is 0 Å². The molecule has 1 saturated heterocycles. The lowest BCUT2D eigenvalue weighted by atomic mass is 10.0. The van der Waals surface area contributed by atoms with Gasteiger partial charge in [0.2, 0.25) is 11.9 Å². The lowest BCUT2D eigenvalue weighted by molar-refractivity contribution is 0.623. The molecule has 7 nitrogen and oxygen atoms in total. The third-order valence-electron chi connectivity index (χ3n) is 6.20. The van der Waals surface area contributed by atoms with Crippen LogP contribution in [0.4, 0.5) is 22.1 Å². The largest absolute Gasteiger partial charge is 0.334 e. The van der Waals surface area contributed by atoms with Crippen molar-refractivity contribution in [3.05, 3.63) is 53.2 Å². The van der Waals surface area contributed by atoms with Crippen LogP contribution < -0.4 is 10.2 Å². The van der Waals surface area contributed by atoms with Crippen LogP contribution in [-0.2, 0) is 0 Å². The normalized spacial score (nSPS) is 21.2. The summed E-state index contributed by atoms with van der Waals surface area (Å²) in [4.78, 5) is 16.5. The highest BCUT2D eigenvalue weighted by molar-refractivity contribution is 5.51. The molecule has 0 bridgehead atoms. The summed E-state index contributed by atoms with van der Waals surface area (Å²) in [6.45, 7) is 0.879. The lowest BCUT2D eigenvalue weighted by Gasteiger charge is -2.25. The molecule has 2 aliphatic carbocycles.